The van der Waals surface area contributed by atoms with Gasteiger partial charge in [-0.3, -0.25) is 9.59 Å². The molecule has 0 spiro atoms. The molecular weight excluding hydrogens is 497 g/mol. The largest absolute Gasteiger partial charge is 0.384 e. The molecule has 1 aromatic heterocycles. The number of pyridine rings is 1. The molecule has 0 radical (unpaired) electrons. The maximum atomic E-state index is 13.0. The molecule has 7 nitrogen and oxygen atoms in total. The Kier molecular flexibility index (Phi) is 9.12. The zero-order chi connectivity index (χ0) is 24.7. The van der Waals surface area contributed by atoms with Gasteiger partial charge in [0.1, 0.15) is 11.9 Å². The van der Waals surface area contributed by atoms with E-state index in [0.29, 0.717) is 27.3 Å². The zero-order valence-corrected chi connectivity index (χ0v) is 20.4. The highest BCUT2D eigenvalue weighted by Gasteiger charge is 2.24. The molecular formula is C24H24Cl3N5O2. The minimum atomic E-state index is -0.886. The summed E-state index contributed by atoms with van der Waals surface area (Å²) >= 11 is 18.0. The molecule has 2 aromatic carbocycles. The van der Waals surface area contributed by atoms with Crippen LogP contribution < -0.4 is 22.1 Å². The Balaban J connectivity index is 1.70. The standard InChI is InChI=1S/C24H24Cl3N5O2/c25-17-5-1-14(2-6-17)10-20(28)23(33)32-21(11-15-3-7-18(26)19(27)9-15)24(34)31-13-16-4-8-22(29)30-12-16/h1-9,12,20-21H,10-11,13,28H2,(H2,29,30)(H,31,34)(H,32,33)/t20-,21+/m0/s1. The number of hydrogen-bond acceptors (Lipinski definition) is 5. The molecule has 34 heavy (non-hydrogen) atoms. The number of rotatable bonds is 9. The van der Waals surface area contributed by atoms with Crippen molar-refractivity contribution in [3.8, 4) is 0 Å². The highest BCUT2D eigenvalue weighted by molar-refractivity contribution is 6.42. The van der Waals surface area contributed by atoms with E-state index in [0.717, 1.165) is 16.7 Å². The van der Waals surface area contributed by atoms with E-state index in [-0.39, 0.29) is 18.9 Å². The van der Waals surface area contributed by atoms with Crippen molar-refractivity contribution in [1.29, 1.82) is 0 Å². The van der Waals surface area contributed by atoms with Crippen molar-refractivity contribution in [2.75, 3.05) is 5.73 Å². The van der Waals surface area contributed by atoms with Crippen molar-refractivity contribution >= 4 is 52.4 Å². The van der Waals surface area contributed by atoms with Gasteiger partial charge in [0.2, 0.25) is 11.8 Å². The van der Waals surface area contributed by atoms with Gasteiger partial charge >= 0.3 is 0 Å². The molecule has 6 N–H and O–H groups in total. The van der Waals surface area contributed by atoms with Crippen molar-refractivity contribution in [3.05, 3.63) is 92.6 Å². The van der Waals surface area contributed by atoms with Crippen LogP contribution in [0.4, 0.5) is 5.82 Å². The molecule has 1 heterocycles. The molecule has 3 aromatic rings. The maximum Gasteiger partial charge on any atom is 0.243 e. The molecule has 0 aliphatic rings. The van der Waals surface area contributed by atoms with Gasteiger partial charge in [0, 0.05) is 24.2 Å². The number of benzene rings is 2. The number of amides is 2. The second-order valence-electron chi connectivity index (χ2n) is 7.76. The van der Waals surface area contributed by atoms with E-state index >= 15 is 0 Å². The number of nitrogens with one attached hydrogen (secondary N) is 2. The van der Waals surface area contributed by atoms with Crippen LogP contribution in [0.15, 0.2) is 60.8 Å². The van der Waals surface area contributed by atoms with E-state index < -0.39 is 18.0 Å². The van der Waals surface area contributed by atoms with Gasteiger partial charge in [-0.15, -0.1) is 0 Å². The van der Waals surface area contributed by atoms with Crippen LogP contribution in [0, 0.1) is 0 Å². The van der Waals surface area contributed by atoms with E-state index in [1.807, 2.05) is 0 Å². The first-order valence-electron chi connectivity index (χ1n) is 10.4. The Morgan fingerprint density at radius 2 is 1.53 bits per heavy atom. The highest BCUT2D eigenvalue weighted by Crippen LogP contribution is 2.23. The van der Waals surface area contributed by atoms with Crippen molar-refractivity contribution in [3.63, 3.8) is 0 Å². The third-order valence-electron chi connectivity index (χ3n) is 5.08. The summed E-state index contributed by atoms with van der Waals surface area (Å²) in [5, 5.41) is 6.93. The molecule has 2 atom stereocenters. The Bertz CT molecular complexity index is 1140. The molecule has 0 saturated carbocycles. The number of anilines is 1. The van der Waals surface area contributed by atoms with Crippen LogP contribution in [0.5, 0.6) is 0 Å². The SMILES string of the molecule is Nc1ccc(CNC(=O)[C@@H](Cc2ccc(Cl)c(Cl)c2)NC(=O)[C@@H](N)Cc2ccc(Cl)cc2)cn1. The van der Waals surface area contributed by atoms with Crippen LogP contribution >= 0.6 is 34.8 Å². The molecule has 0 aliphatic heterocycles. The molecule has 10 heteroatoms. The normalized spacial score (nSPS) is 12.6. The van der Waals surface area contributed by atoms with Crippen molar-refractivity contribution in [1.82, 2.24) is 15.6 Å². The van der Waals surface area contributed by atoms with Gasteiger partial charge in [-0.25, -0.2) is 4.98 Å². The quantitative estimate of drug-likeness (QED) is 0.344. The minimum absolute atomic E-state index is 0.197. The summed E-state index contributed by atoms with van der Waals surface area (Å²) in [4.78, 5) is 29.9. The van der Waals surface area contributed by atoms with Crippen LogP contribution in [-0.4, -0.2) is 28.9 Å². The molecule has 0 bridgehead atoms. The molecule has 0 saturated heterocycles. The summed E-state index contributed by atoms with van der Waals surface area (Å²) in [5.41, 5.74) is 14.1. The smallest absolute Gasteiger partial charge is 0.243 e. The fraction of sp³-hybridized carbons (Fsp3) is 0.208. The Morgan fingerprint density at radius 3 is 2.18 bits per heavy atom. The number of aromatic nitrogens is 1. The lowest BCUT2D eigenvalue weighted by molar-refractivity contribution is -0.129. The first-order chi connectivity index (χ1) is 16.2. The van der Waals surface area contributed by atoms with Crippen LogP contribution in [0.3, 0.4) is 0 Å². The summed E-state index contributed by atoms with van der Waals surface area (Å²) in [6, 6.07) is 13.8. The predicted molar refractivity (Wildman–Crippen MR) is 136 cm³/mol. The summed E-state index contributed by atoms with van der Waals surface area (Å²) in [6.07, 6.45) is 2.06. The van der Waals surface area contributed by atoms with Gasteiger partial charge in [-0.1, -0.05) is 59.1 Å². The van der Waals surface area contributed by atoms with Crippen molar-refractivity contribution in [2.45, 2.75) is 31.5 Å². The molecule has 0 aliphatic carbocycles. The van der Waals surface area contributed by atoms with Crippen molar-refractivity contribution < 1.29 is 9.59 Å². The van der Waals surface area contributed by atoms with Gasteiger partial charge in [-0.2, -0.15) is 0 Å². The van der Waals surface area contributed by atoms with Gasteiger partial charge in [0.25, 0.3) is 0 Å². The average molecular weight is 521 g/mol. The lowest BCUT2D eigenvalue weighted by Crippen LogP contribution is -2.52. The van der Waals surface area contributed by atoms with E-state index in [1.54, 1.807) is 60.8 Å². The lowest BCUT2D eigenvalue weighted by atomic mass is 10.0. The third-order valence-corrected chi connectivity index (χ3v) is 6.07. The average Bonchev–Trinajstić information content (AvgIpc) is 2.81. The fourth-order valence-corrected chi connectivity index (χ4v) is 3.66. The maximum absolute atomic E-state index is 13.0. The molecule has 3 rings (SSSR count). The summed E-state index contributed by atoms with van der Waals surface area (Å²) < 4.78 is 0. The van der Waals surface area contributed by atoms with E-state index in [9.17, 15) is 9.59 Å². The van der Waals surface area contributed by atoms with Gasteiger partial charge in [0.05, 0.1) is 16.1 Å². The summed E-state index contributed by atoms with van der Waals surface area (Å²) in [6.45, 7) is 0.219. The topological polar surface area (TPSA) is 123 Å². The van der Waals surface area contributed by atoms with Gasteiger partial charge in [0.15, 0.2) is 0 Å². The number of hydrogen-bond donors (Lipinski definition) is 4. The van der Waals surface area contributed by atoms with Crippen LogP contribution in [0.2, 0.25) is 15.1 Å². The third kappa shape index (κ3) is 7.60. The first kappa shape index (κ1) is 25.8. The van der Waals surface area contributed by atoms with E-state index in [2.05, 4.69) is 15.6 Å². The highest BCUT2D eigenvalue weighted by atomic mass is 35.5. The zero-order valence-electron chi connectivity index (χ0n) is 18.1. The number of nitrogens with two attached hydrogens (primary N) is 2. The van der Waals surface area contributed by atoms with Crippen LogP contribution in [0.25, 0.3) is 0 Å². The van der Waals surface area contributed by atoms with Gasteiger partial charge in [-0.05, 0) is 53.4 Å². The Labute approximate surface area is 212 Å². The number of carbonyl (C=O) groups is 2. The Hall–Kier alpha value is -2.84. The second kappa shape index (κ2) is 12.0. The number of halogens is 3. The molecule has 178 valence electrons. The molecule has 2 amide bonds. The predicted octanol–water partition coefficient (Wildman–Crippen LogP) is 3.54. The number of carbonyl (C=O) groups excluding carboxylic acids is 2. The monoisotopic (exact) mass is 519 g/mol. The van der Waals surface area contributed by atoms with E-state index in [1.165, 1.54) is 0 Å². The Morgan fingerprint density at radius 1 is 0.853 bits per heavy atom. The molecule has 0 fully saturated rings. The molecule has 0 unspecified atom stereocenters. The number of nitrogens with zero attached hydrogens (tertiary/aromatic N) is 1. The van der Waals surface area contributed by atoms with Gasteiger partial charge < -0.3 is 22.1 Å². The first-order valence-corrected chi connectivity index (χ1v) is 11.6. The lowest BCUT2D eigenvalue weighted by Gasteiger charge is -2.21. The van der Waals surface area contributed by atoms with Crippen molar-refractivity contribution in [2.24, 2.45) is 5.73 Å². The minimum Gasteiger partial charge on any atom is -0.384 e. The summed E-state index contributed by atoms with van der Waals surface area (Å²) in [5.74, 6) is -0.450. The second-order valence-corrected chi connectivity index (χ2v) is 9.01. The number of nitrogen functional groups attached to an aromatic ring is 1. The fourth-order valence-electron chi connectivity index (χ4n) is 3.21. The van der Waals surface area contributed by atoms with Crippen LogP contribution in [0.1, 0.15) is 16.7 Å². The van der Waals surface area contributed by atoms with E-state index in [4.69, 9.17) is 46.3 Å². The summed E-state index contributed by atoms with van der Waals surface area (Å²) in [7, 11) is 0. The van der Waals surface area contributed by atoms with Crippen LogP contribution in [-0.2, 0) is 29.0 Å².